The lowest BCUT2D eigenvalue weighted by atomic mass is 10.0. The van der Waals surface area contributed by atoms with Crippen molar-refractivity contribution in [1.29, 1.82) is 0 Å². The Kier molecular flexibility index (Phi) is 16.3. The molecule has 270 valence electrons. The van der Waals surface area contributed by atoms with E-state index in [1.54, 1.807) is 18.5 Å². The van der Waals surface area contributed by atoms with E-state index in [1.165, 1.54) is 0 Å². The number of nitrogens with one attached hydrogen (secondary N) is 1. The van der Waals surface area contributed by atoms with Crippen LogP contribution in [-0.4, -0.2) is 84.5 Å². The monoisotopic (exact) mass is 681 g/mol. The molecule has 49 heavy (non-hydrogen) atoms. The largest absolute Gasteiger partial charge is 0.379 e. The average molecular weight is 682 g/mol. The molecule has 0 amide bonds. The number of aromatic nitrogens is 2. The van der Waals surface area contributed by atoms with Crippen molar-refractivity contribution in [3.05, 3.63) is 47.9 Å². The van der Waals surface area contributed by atoms with E-state index in [4.69, 9.17) is 18.9 Å². The maximum atomic E-state index is 12.5. The summed E-state index contributed by atoms with van der Waals surface area (Å²) in [6.07, 6.45) is 4.60. The zero-order valence-corrected chi connectivity index (χ0v) is 30.3. The summed E-state index contributed by atoms with van der Waals surface area (Å²) < 4.78 is 24.2. The molecular weight excluding hydrogens is 626 g/mol. The standard InChI is InChI=1S/C38H55N3O8/c1-8-27(7)35(45)16-19-48-24-38(22-46-17-14-33(43)25(3)4,23-47-18-15-34(44)26(5)6)41-37-36(49-37)31-13-10-28(20-40-31)30-12-11-29(21-39-30)32(42)9-2/h10-13,20-21,25-27,36-37,41H,8-9,14-19,22-24H2,1-7H3. The van der Waals surface area contributed by atoms with Crippen LogP contribution in [0.3, 0.4) is 0 Å². The number of carbonyl (C=O) groups excluding carboxylic acids is 4. The van der Waals surface area contributed by atoms with Gasteiger partial charge in [0.2, 0.25) is 0 Å². The van der Waals surface area contributed by atoms with Crippen molar-refractivity contribution in [2.75, 3.05) is 39.6 Å². The van der Waals surface area contributed by atoms with E-state index in [0.29, 0.717) is 24.1 Å². The molecule has 0 radical (unpaired) electrons. The van der Waals surface area contributed by atoms with Crippen LogP contribution >= 0.6 is 0 Å². The molecule has 1 aliphatic rings. The van der Waals surface area contributed by atoms with Gasteiger partial charge in [-0.1, -0.05) is 48.5 Å². The molecule has 2 aromatic heterocycles. The molecule has 3 unspecified atom stereocenters. The highest BCUT2D eigenvalue weighted by Crippen LogP contribution is 2.37. The summed E-state index contributed by atoms with van der Waals surface area (Å²) in [4.78, 5) is 58.0. The van der Waals surface area contributed by atoms with Gasteiger partial charge in [0.25, 0.3) is 0 Å². The molecule has 3 heterocycles. The fourth-order valence-electron chi connectivity index (χ4n) is 5.03. The smallest absolute Gasteiger partial charge is 0.164 e. The summed E-state index contributed by atoms with van der Waals surface area (Å²) in [6.45, 7) is 14.3. The fourth-order valence-corrected chi connectivity index (χ4v) is 5.03. The van der Waals surface area contributed by atoms with E-state index >= 15 is 0 Å². The number of carbonyl (C=O) groups is 4. The average Bonchev–Trinajstić information content (AvgIpc) is 3.87. The van der Waals surface area contributed by atoms with Gasteiger partial charge in [-0.15, -0.1) is 0 Å². The summed E-state index contributed by atoms with van der Waals surface area (Å²) in [5, 5.41) is 3.53. The lowest BCUT2D eigenvalue weighted by molar-refractivity contribution is -0.124. The third-order valence-corrected chi connectivity index (χ3v) is 8.78. The molecule has 0 saturated carbocycles. The fraction of sp³-hybridized carbons (Fsp3) is 0.632. The highest BCUT2D eigenvalue weighted by Gasteiger charge is 2.47. The summed E-state index contributed by atoms with van der Waals surface area (Å²) >= 11 is 0. The number of hydrogen-bond acceptors (Lipinski definition) is 11. The molecule has 2 aromatic rings. The molecule has 3 atom stereocenters. The number of rotatable bonds is 25. The van der Waals surface area contributed by atoms with E-state index in [-0.39, 0.29) is 99.5 Å². The SMILES string of the molecule is CCC(=O)c1ccc(-c2ccc(C3OC3NC(COCCC(=O)C(C)C)(COCCC(=O)C(C)C)COCCC(=O)C(C)CC)nc2)nc1. The Hall–Kier alpha value is -3.22. The van der Waals surface area contributed by atoms with Crippen molar-refractivity contribution in [2.45, 2.75) is 98.4 Å². The number of pyridine rings is 2. The second-order valence-electron chi connectivity index (χ2n) is 13.5. The molecule has 0 spiro atoms. The zero-order valence-electron chi connectivity index (χ0n) is 30.3. The highest BCUT2D eigenvalue weighted by molar-refractivity contribution is 5.95. The van der Waals surface area contributed by atoms with Gasteiger partial charge in [-0.05, 0) is 30.7 Å². The Morgan fingerprint density at radius 2 is 1.35 bits per heavy atom. The summed E-state index contributed by atoms with van der Waals surface area (Å²) in [7, 11) is 0. The predicted molar refractivity (Wildman–Crippen MR) is 186 cm³/mol. The van der Waals surface area contributed by atoms with Crippen LogP contribution in [0.25, 0.3) is 11.3 Å². The van der Waals surface area contributed by atoms with E-state index < -0.39 is 11.8 Å². The molecule has 1 saturated heterocycles. The van der Waals surface area contributed by atoms with Crippen LogP contribution in [0, 0.1) is 17.8 Å². The first kappa shape index (κ1) is 40.2. The molecule has 11 nitrogen and oxygen atoms in total. The summed E-state index contributed by atoms with van der Waals surface area (Å²) in [6, 6.07) is 7.38. The second-order valence-corrected chi connectivity index (χ2v) is 13.5. The van der Waals surface area contributed by atoms with Gasteiger partial charge in [0.05, 0.1) is 56.6 Å². The molecule has 1 N–H and O–H groups in total. The third kappa shape index (κ3) is 12.9. The third-order valence-electron chi connectivity index (χ3n) is 8.78. The Morgan fingerprint density at radius 3 is 1.80 bits per heavy atom. The first-order valence-electron chi connectivity index (χ1n) is 17.6. The van der Waals surface area contributed by atoms with Crippen LogP contribution < -0.4 is 5.32 Å². The molecule has 1 aliphatic heterocycles. The number of Topliss-reactive ketones (excluding diaryl/α,β-unsaturated/α-hetero) is 4. The van der Waals surface area contributed by atoms with Gasteiger partial charge in [-0.3, -0.25) is 34.5 Å². The topological polar surface area (TPSA) is 146 Å². The number of ketones is 4. The van der Waals surface area contributed by atoms with Crippen molar-refractivity contribution in [3.8, 4) is 11.3 Å². The van der Waals surface area contributed by atoms with Crippen LogP contribution in [0.4, 0.5) is 0 Å². The molecule has 3 rings (SSSR count). The van der Waals surface area contributed by atoms with Crippen molar-refractivity contribution >= 4 is 23.1 Å². The number of hydrogen-bond donors (Lipinski definition) is 1. The highest BCUT2D eigenvalue weighted by atomic mass is 16.6. The van der Waals surface area contributed by atoms with E-state index in [0.717, 1.165) is 17.7 Å². The van der Waals surface area contributed by atoms with Crippen molar-refractivity contribution in [1.82, 2.24) is 15.3 Å². The van der Waals surface area contributed by atoms with E-state index in [2.05, 4.69) is 15.3 Å². The van der Waals surface area contributed by atoms with Gasteiger partial charge in [-0.2, -0.15) is 0 Å². The predicted octanol–water partition coefficient (Wildman–Crippen LogP) is 5.75. The molecule has 0 aromatic carbocycles. The Morgan fingerprint density at radius 1 is 0.776 bits per heavy atom. The van der Waals surface area contributed by atoms with E-state index in [1.807, 2.05) is 66.7 Å². The summed E-state index contributed by atoms with van der Waals surface area (Å²) in [5.41, 5.74) is 1.92. The number of nitrogens with zero attached hydrogens (tertiary/aromatic N) is 2. The Labute approximate surface area is 291 Å². The quantitative estimate of drug-likeness (QED) is 0.0777. The van der Waals surface area contributed by atoms with Gasteiger partial charge >= 0.3 is 0 Å². The van der Waals surface area contributed by atoms with Crippen molar-refractivity contribution in [3.63, 3.8) is 0 Å². The minimum absolute atomic E-state index is 0.0324. The van der Waals surface area contributed by atoms with Gasteiger partial charge in [0.1, 0.15) is 29.7 Å². The van der Waals surface area contributed by atoms with Crippen LogP contribution in [0.1, 0.15) is 103 Å². The molecular formula is C38H55N3O8. The maximum Gasteiger partial charge on any atom is 0.164 e. The normalized spacial score (nSPS) is 16.6. The number of epoxide rings is 1. The zero-order chi connectivity index (χ0) is 36.0. The molecule has 0 aliphatic carbocycles. The second kappa shape index (κ2) is 19.8. The van der Waals surface area contributed by atoms with E-state index in [9.17, 15) is 19.2 Å². The Bertz CT molecular complexity index is 1330. The maximum absolute atomic E-state index is 12.5. The van der Waals surface area contributed by atoms with Crippen LogP contribution in [-0.2, 0) is 33.3 Å². The summed E-state index contributed by atoms with van der Waals surface area (Å²) in [5.74, 6) is 0.217. The van der Waals surface area contributed by atoms with Gasteiger partial charge in [0.15, 0.2) is 5.78 Å². The van der Waals surface area contributed by atoms with Gasteiger partial charge < -0.3 is 18.9 Å². The van der Waals surface area contributed by atoms with Crippen LogP contribution in [0.2, 0.25) is 0 Å². The first-order chi connectivity index (χ1) is 23.4. The minimum Gasteiger partial charge on any atom is -0.379 e. The van der Waals surface area contributed by atoms with Crippen LogP contribution in [0.15, 0.2) is 36.7 Å². The molecule has 11 heteroatoms. The molecule has 1 fully saturated rings. The first-order valence-corrected chi connectivity index (χ1v) is 17.6. The molecule has 0 bridgehead atoms. The lowest BCUT2D eigenvalue weighted by Gasteiger charge is -2.34. The van der Waals surface area contributed by atoms with Crippen molar-refractivity contribution < 1.29 is 38.1 Å². The van der Waals surface area contributed by atoms with Crippen LogP contribution in [0.5, 0.6) is 0 Å². The Balaban J connectivity index is 1.73. The number of ether oxygens (including phenoxy) is 4. The van der Waals surface area contributed by atoms with Gasteiger partial charge in [-0.25, -0.2) is 0 Å². The minimum atomic E-state index is -0.901. The lowest BCUT2D eigenvalue weighted by Crippen LogP contribution is -2.58. The van der Waals surface area contributed by atoms with Gasteiger partial charge in [0, 0.05) is 67.0 Å². The van der Waals surface area contributed by atoms with Crippen molar-refractivity contribution in [2.24, 2.45) is 17.8 Å².